The highest BCUT2D eigenvalue weighted by atomic mass is 32.2. The van der Waals surface area contributed by atoms with Gasteiger partial charge in [-0.1, -0.05) is 6.92 Å². The minimum atomic E-state index is -3.20. The Bertz CT molecular complexity index is 489. The van der Waals surface area contributed by atoms with Crippen molar-refractivity contribution in [2.45, 2.75) is 13.3 Å². The first kappa shape index (κ1) is 15.7. The zero-order valence-electron chi connectivity index (χ0n) is 11.6. The standard InChI is InChI=1S/C12H21N3O3S/c1-4-9-18-11-6-5-7-13-12(11)14-8-10-19(16,17)15(2)3/h5-7H,4,8-10H2,1-3H3,(H,13,14). The van der Waals surface area contributed by atoms with Gasteiger partial charge >= 0.3 is 0 Å². The number of hydrogen-bond donors (Lipinski definition) is 1. The predicted octanol–water partition coefficient (Wildman–Crippen LogP) is 1.17. The summed E-state index contributed by atoms with van der Waals surface area (Å²) >= 11 is 0. The van der Waals surface area contributed by atoms with Crippen LogP contribution < -0.4 is 10.1 Å². The Morgan fingerprint density at radius 3 is 2.79 bits per heavy atom. The summed E-state index contributed by atoms with van der Waals surface area (Å²) in [5.41, 5.74) is 0. The van der Waals surface area contributed by atoms with Crippen LogP contribution in [0.25, 0.3) is 0 Å². The fourth-order valence-corrected chi connectivity index (χ4v) is 2.06. The van der Waals surface area contributed by atoms with E-state index in [9.17, 15) is 8.42 Å². The lowest BCUT2D eigenvalue weighted by Crippen LogP contribution is -2.28. The van der Waals surface area contributed by atoms with Crippen LogP contribution >= 0.6 is 0 Å². The van der Waals surface area contributed by atoms with Gasteiger partial charge in [0, 0.05) is 26.8 Å². The van der Waals surface area contributed by atoms with E-state index in [1.54, 1.807) is 12.3 Å². The topological polar surface area (TPSA) is 71.5 Å². The number of anilines is 1. The maximum Gasteiger partial charge on any atom is 0.215 e. The lowest BCUT2D eigenvalue weighted by molar-refractivity contribution is 0.318. The van der Waals surface area contributed by atoms with Gasteiger partial charge < -0.3 is 10.1 Å². The molecule has 0 atom stereocenters. The monoisotopic (exact) mass is 287 g/mol. The number of aromatic nitrogens is 1. The predicted molar refractivity (Wildman–Crippen MR) is 76.0 cm³/mol. The van der Waals surface area contributed by atoms with Gasteiger partial charge in [0.2, 0.25) is 10.0 Å². The van der Waals surface area contributed by atoms with E-state index >= 15 is 0 Å². The molecule has 0 radical (unpaired) electrons. The van der Waals surface area contributed by atoms with Crippen molar-refractivity contribution in [2.24, 2.45) is 0 Å². The molecule has 0 aliphatic rings. The number of hydrogen-bond acceptors (Lipinski definition) is 5. The van der Waals surface area contributed by atoms with Gasteiger partial charge in [0.15, 0.2) is 11.6 Å². The molecule has 7 heteroatoms. The molecule has 1 heterocycles. The van der Waals surface area contributed by atoms with E-state index in [0.717, 1.165) is 6.42 Å². The highest BCUT2D eigenvalue weighted by molar-refractivity contribution is 7.89. The molecule has 108 valence electrons. The molecule has 0 amide bonds. The van der Waals surface area contributed by atoms with Crippen molar-refractivity contribution >= 4 is 15.8 Å². The third-order valence-electron chi connectivity index (χ3n) is 2.44. The second-order valence-electron chi connectivity index (χ2n) is 4.22. The van der Waals surface area contributed by atoms with E-state index in [1.165, 1.54) is 18.4 Å². The number of nitrogens with zero attached hydrogens (tertiary/aromatic N) is 2. The van der Waals surface area contributed by atoms with Crippen LogP contribution in [0.2, 0.25) is 0 Å². The van der Waals surface area contributed by atoms with E-state index in [0.29, 0.717) is 24.7 Å². The minimum Gasteiger partial charge on any atom is -0.490 e. The van der Waals surface area contributed by atoms with Gasteiger partial charge in [-0.25, -0.2) is 17.7 Å². The number of sulfonamides is 1. The number of pyridine rings is 1. The third kappa shape index (κ3) is 5.04. The van der Waals surface area contributed by atoms with E-state index in [-0.39, 0.29) is 5.75 Å². The molecule has 1 aromatic rings. The molecular formula is C12H21N3O3S. The largest absolute Gasteiger partial charge is 0.490 e. The SMILES string of the molecule is CCCOc1cccnc1NCCS(=O)(=O)N(C)C. The summed E-state index contributed by atoms with van der Waals surface area (Å²) in [7, 11) is -0.156. The number of nitrogens with one attached hydrogen (secondary N) is 1. The van der Waals surface area contributed by atoms with Crippen LogP contribution in [0.15, 0.2) is 18.3 Å². The van der Waals surface area contributed by atoms with Crippen LogP contribution in [-0.2, 0) is 10.0 Å². The van der Waals surface area contributed by atoms with Crippen molar-refractivity contribution in [1.29, 1.82) is 0 Å². The van der Waals surface area contributed by atoms with Gasteiger partial charge in [-0.15, -0.1) is 0 Å². The summed E-state index contributed by atoms with van der Waals surface area (Å²) < 4.78 is 30.0. The lowest BCUT2D eigenvalue weighted by atomic mass is 10.4. The molecule has 6 nitrogen and oxygen atoms in total. The Kier molecular flexibility index (Phi) is 6.04. The molecule has 1 N–H and O–H groups in total. The van der Waals surface area contributed by atoms with Gasteiger partial charge in [0.25, 0.3) is 0 Å². The van der Waals surface area contributed by atoms with Crippen LogP contribution in [0.3, 0.4) is 0 Å². The molecule has 0 spiro atoms. The summed E-state index contributed by atoms with van der Waals surface area (Å²) in [5.74, 6) is 1.24. The summed E-state index contributed by atoms with van der Waals surface area (Å²) in [5, 5.41) is 2.99. The highest BCUT2D eigenvalue weighted by Gasteiger charge is 2.13. The summed E-state index contributed by atoms with van der Waals surface area (Å²) in [6.07, 6.45) is 2.55. The van der Waals surface area contributed by atoms with Crippen LogP contribution in [-0.4, -0.2) is 50.7 Å². The molecule has 0 aromatic carbocycles. The van der Waals surface area contributed by atoms with Crippen molar-refractivity contribution in [3.05, 3.63) is 18.3 Å². The van der Waals surface area contributed by atoms with Crippen LogP contribution in [0.4, 0.5) is 5.82 Å². The molecule has 0 saturated heterocycles. The lowest BCUT2D eigenvalue weighted by Gasteiger charge is -2.13. The maximum atomic E-state index is 11.6. The Labute approximate surface area is 114 Å². The van der Waals surface area contributed by atoms with Gasteiger partial charge in [-0.05, 0) is 18.6 Å². The summed E-state index contributed by atoms with van der Waals surface area (Å²) in [6, 6.07) is 3.60. The quantitative estimate of drug-likeness (QED) is 0.777. The first-order valence-corrected chi connectivity index (χ1v) is 7.80. The highest BCUT2D eigenvalue weighted by Crippen LogP contribution is 2.20. The van der Waals surface area contributed by atoms with Crippen molar-refractivity contribution < 1.29 is 13.2 Å². The van der Waals surface area contributed by atoms with E-state index < -0.39 is 10.0 Å². The van der Waals surface area contributed by atoms with Gasteiger partial charge in [0.1, 0.15) is 0 Å². The van der Waals surface area contributed by atoms with E-state index in [1.807, 2.05) is 13.0 Å². The van der Waals surface area contributed by atoms with Crippen molar-refractivity contribution in [1.82, 2.24) is 9.29 Å². The normalized spacial score (nSPS) is 11.6. The third-order valence-corrected chi connectivity index (χ3v) is 4.27. The zero-order valence-corrected chi connectivity index (χ0v) is 12.4. The maximum absolute atomic E-state index is 11.6. The smallest absolute Gasteiger partial charge is 0.215 e. The fourth-order valence-electron chi connectivity index (χ4n) is 1.33. The molecule has 0 aliphatic heterocycles. The second kappa shape index (κ2) is 7.30. The first-order valence-electron chi connectivity index (χ1n) is 6.19. The van der Waals surface area contributed by atoms with Crippen LogP contribution in [0, 0.1) is 0 Å². The molecule has 1 aromatic heterocycles. The Morgan fingerprint density at radius 2 is 2.16 bits per heavy atom. The molecule has 0 fully saturated rings. The zero-order chi connectivity index (χ0) is 14.3. The number of ether oxygens (including phenoxy) is 1. The average molecular weight is 287 g/mol. The molecule has 1 rings (SSSR count). The first-order chi connectivity index (χ1) is 8.97. The van der Waals surface area contributed by atoms with Crippen molar-refractivity contribution in [3.8, 4) is 5.75 Å². The van der Waals surface area contributed by atoms with Gasteiger partial charge in [-0.2, -0.15) is 0 Å². The fraction of sp³-hybridized carbons (Fsp3) is 0.583. The molecular weight excluding hydrogens is 266 g/mol. The van der Waals surface area contributed by atoms with Crippen molar-refractivity contribution in [2.75, 3.05) is 38.3 Å². The Morgan fingerprint density at radius 1 is 1.42 bits per heavy atom. The summed E-state index contributed by atoms with van der Waals surface area (Å²) in [6.45, 7) is 2.92. The van der Waals surface area contributed by atoms with Gasteiger partial charge in [-0.3, -0.25) is 0 Å². The molecule has 0 unspecified atom stereocenters. The minimum absolute atomic E-state index is 0.0177. The van der Waals surface area contributed by atoms with Crippen LogP contribution in [0.1, 0.15) is 13.3 Å². The Balaban J connectivity index is 2.58. The molecule has 0 aliphatic carbocycles. The second-order valence-corrected chi connectivity index (χ2v) is 6.53. The van der Waals surface area contributed by atoms with Crippen molar-refractivity contribution in [3.63, 3.8) is 0 Å². The number of rotatable bonds is 8. The van der Waals surface area contributed by atoms with Crippen LogP contribution in [0.5, 0.6) is 5.75 Å². The van der Waals surface area contributed by atoms with Gasteiger partial charge in [0.05, 0.1) is 12.4 Å². The van der Waals surface area contributed by atoms with E-state index in [2.05, 4.69) is 10.3 Å². The van der Waals surface area contributed by atoms with E-state index in [4.69, 9.17) is 4.74 Å². The Hall–Kier alpha value is -1.34. The molecule has 0 bridgehead atoms. The average Bonchev–Trinajstić information content (AvgIpc) is 2.37. The summed E-state index contributed by atoms with van der Waals surface area (Å²) in [4.78, 5) is 4.15. The molecule has 19 heavy (non-hydrogen) atoms. The molecule has 0 saturated carbocycles.